The van der Waals surface area contributed by atoms with Crippen molar-refractivity contribution in [3.8, 4) is 5.75 Å². The molecule has 0 aliphatic carbocycles. The van der Waals surface area contributed by atoms with Gasteiger partial charge in [0.05, 0.1) is 12.1 Å². The van der Waals surface area contributed by atoms with Crippen LogP contribution in [0.3, 0.4) is 0 Å². The molecule has 2 N–H and O–H groups in total. The molecular formula is C15H29ClN2O. The predicted octanol–water partition coefficient (Wildman–Crippen LogP) is 3.71. The molecule has 4 heteroatoms. The molecule has 0 bridgehead atoms. The number of methoxy groups -OCH3 is 1. The van der Waals surface area contributed by atoms with Gasteiger partial charge in [0.25, 0.3) is 0 Å². The van der Waals surface area contributed by atoms with Crippen LogP contribution in [0.5, 0.6) is 5.75 Å². The number of hydrogen-bond donors (Lipinski definition) is 2. The van der Waals surface area contributed by atoms with Crippen LogP contribution in [-0.4, -0.2) is 27.2 Å². The van der Waals surface area contributed by atoms with Gasteiger partial charge in [-0.2, -0.15) is 0 Å². The first-order chi connectivity index (χ1) is 9.19. The van der Waals surface area contributed by atoms with Gasteiger partial charge in [0.1, 0.15) is 5.75 Å². The number of benzene rings is 1. The quantitative estimate of drug-likeness (QED) is 0.866. The van der Waals surface area contributed by atoms with Gasteiger partial charge in [-0.3, -0.25) is 0 Å². The molecule has 0 saturated carbocycles. The van der Waals surface area contributed by atoms with Crippen LogP contribution in [0.15, 0.2) is 18.2 Å². The smallest absolute Gasteiger partial charge is 0.137 e. The van der Waals surface area contributed by atoms with E-state index in [0.717, 1.165) is 25.4 Å². The summed E-state index contributed by atoms with van der Waals surface area (Å²) in [7, 11) is 3.55. The molecule has 0 amide bonds. The first kappa shape index (κ1) is 20.5. The third kappa shape index (κ3) is 10.8. The first-order valence-electron chi connectivity index (χ1n) is 6.87. The second kappa shape index (κ2) is 15.3. The van der Waals surface area contributed by atoms with E-state index in [4.69, 9.17) is 16.3 Å². The van der Waals surface area contributed by atoms with E-state index in [1.807, 2.05) is 39.1 Å². The summed E-state index contributed by atoms with van der Waals surface area (Å²) in [5.41, 5.74) is 1.18. The highest BCUT2D eigenvalue weighted by Gasteiger charge is 2.00. The molecule has 0 unspecified atom stereocenters. The molecule has 0 saturated heterocycles. The monoisotopic (exact) mass is 288 g/mol. The number of rotatable bonds is 5. The second-order valence-corrected chi connectivity index (χ2v) is 3.86. The maximum atomic E-state index is 5.88. The van der Waals surface area contributed by atoms with Crippen molar-refractivity contribution in [3.05, 3.63) is 28.8 Å². The molecule has 0 atom stereocenters. The molecule has 19 heavy (non-hydrogen) atoms. The summed E-state index contributed by atoms with van der Waals surface area (Å²) < 4.78 is 5.11. The lowest BCUT2D eigenvalue weighted by atomic mass is 10.2. The first-order valence-corrected chi connectivity index (χ1v) is 7.25. The highest BCUT2D eigenvalue weighted by atomic mass is 35.5. The lowest BCUT2D eigenvalue weighted by molar-refractivity contribution is 0.414. The fraction of sp³-hybridized carbons (Fsp3) is 0.600. The Morgan fingerprint density at radius 3 is 2.16 bits per heavy atom. The number of ether oxygens (including phenoxy) is 1. The van der Waals surface area contributed by atoms with Crippen LogP contribution in [0.1, 0.15) is 33.3 Å². The predicted molar refractivity (Wildman–Crippen MR) is 86.3 cm³/mol. The fourth-order valence-electron chi connectivity index (χ4n) is 1.08. The van der Waals surface area contributed by atoms with E-state index < -0.39 is 0 Å². The Morgan fingerprint density at radius 2 is 1.74 bits per heavy atom. The SMILES string of the molecule is CC.CCNC.CCNCc1ccc(Cl)c(OC)c1. The average molecular weight is 289 g/mol. The second-order valence-electron chi connectivity index (χ2n) is 3.46. The summed E-state index contributed by atoms with van der Waals surface area (Å²) in [6.07, 6.45) is 0. The zero-order valence-electron chi connectivity index (χ0n) is 13.1. The Labute approximate surface area is 123 Å². The van der Waals surface area contributed by atoms with Crippen LogP contribution in [0, 0.1) is 0 Å². The van der Waals surface area contributed by atoms with Crippen LogP contribution in [0.2, 0.25) is 5.02 Å². The van der Waals surface area contributed by atoms with Gasteiger partial charge >= 0.3 is 0 Å². The lowest BCUT2D eigenvalue weighted by Crippen LogP contribution is -2.11. The van der Waals surface area contributed by atoms with Crippen molar-refractivity contribution in [2.24, 2.45) is 0 Å². The highest BCUT2D eigenvalue weighted by Crippen LogP contribution is 2.24. The largest absolute Gasteiger partial charge is 0.495 e. The number of nitrogens with one attached hydrogen (secondary N) is 2. The maximum absolute atomic E-state index is 5.88. The molecule has 3 nitrogen and oxygen atoms in total. The zero-order valence-corrected chi connectivity index (χ0v) is 13.9. The van der Waals surface area contributed by atoms with Gasteiger partial charge in [-0.25, -0.2) is 0 Å². The minimum absolute atomic E-state index is 0.655. The fourth-order valence-corrected chi connectivity index (χ4v) is 1.28. The Kier molecular flexibility index (Phi) is 16.5. The molecule has 1 aromatic carbocycles. The van der Waals surface area contributed by atoms with Crippen molar-refractivity contribution in [2.45, 2.75) is 34.2 Å². The molecule has 0 fully saturated rings. The Balaban J connectivity index is 0. The van der Waals surface area contributed by atoms with Gasteiger partial charge < -0.3 is 15.4 Å². The van der Waals surface area contributed by atoms with Crippen LogP contribution in [0.25, 0.3) is 0 Å². The standard InChI is InChI=1S/C10H14ClNO.C3H9N.C2H6/c1-3-12-7-8-4-5-9(11)10(6-8)13-2;1-3-4-2;1-2/h4-6,12H,3,7H2,1-2H3;4H,3H2,1-2H3;1-2H3. The van der Waals surface area contributed by atoms with Crippen LogP contribution >= 0.6 is 11.6 Å². The third-order valence-electron chi connectivity index (χ3n) is 2.15. The zero-order chi connectivity index (χ0) is 15.1. The summed E-state index contributed by atoms with van der Waals surface area (Å²) in [5.74, 6) is 0.733. The van der Waals surface area contributed by atoms with Crippen molar-refractivity contribution >= 4 is 11.6 Å². The minimum Gasteiger partial charge on any atom is -0.495 e. The Morgan fingerprint density at radius 1 is 1.16 bits per heavy atom. The van der Waals surface area contributed by atoms with Crippen molar-refractivity contribution in [2.75, 3.05) is 27.2 Å². The summed E-state index contributed by atoms with van der Waals surface area (Å²) in [4.78, 5) is 0. The topological polar surface area (TPSA) is 33.3 Å². The lowest BCUT2D eigenvalue weighted by Gasteiger charge is -2.06. The van der Waals surface area contributed by atoms with Crippen LogP contribution in [0.4, 0.5) is 0 Å². The average Bonchev–Trinajstić information content (AvgIpc) is 2.48. The number of hydrogen-bond acceptors (Lipinski definition) is 3. The van der Waals surface area contributed by atoms with E-state index in [2.05, 4.69) is 24.5 Å². The molecule has 0 aromatic heterocycles. The third-order valence-corrected chi connectivity index (χ3v) is 2.46. The van der Waals surface area contributed by atoms with Crippen molar-refractivity contribution in [1.82, 2.24) is 10.6 Å². The maximum Gasteiger partial charge on any atom is 0.137 e. The molecule has 0 heterocycles. The van der Waals surface area contributed by atoms with E-state index in [-0.39, 0.29) is 0 Å². The summed E-state index contributed by atoms with van der Waals surface area (Å²) in [5, 5.41) is 6.82. The molecule has 112 valence electrons. The van der Waals surface area contributed by atoms with Gasteiger partial charge in [-0.05, 0) is 37.8 Å². The molecule has 0 radical (unpaired) electrons. The molecule has 0 aliphatic heterocycles. The van der Waals surface area contributed by atoms with Crippen molar-refractivity contribution in [3.63, 3.8) is 0 Å². The highest BCUT2D eigenvalue weighted by molar-refractivity contribution is 6.32. The molecular weight excluding hydrogens is 260 g/mol. The van der Waals surface area contributed by atoms with Crippen molar-refractivity contribution < 1.29 is 4.74 Å². The van der Waals surface area contributed by atoms with Gasteiger partial charge in [0, 0.05) is 6.54 Å². The molecule has 0 aliphatic rings. The van der Waals surface area contributed by atoms with Crippen LogP contribution in [-0.2, 0) is 6.54 Å². The summed E-state index contributed by atoms with van der Waals surface area (Å²) in [6, 6.07) is 5.80. The van der Waals surface area contributed by atoms with E-state index in [1.54, 1.807) is 7.11 Å². The van der Waals surface area contributed by atoms with Crippen LogP contribution < -0.4 is 15.4 Å². The Hall–Kier alpha value is -0.770. The number of halogens is 1. The van der Waals surface area contributed by atoms with Gasteiger partial charge in [0.15, 0.2) is 0 Å². The van der Waals surface area contributed by atoms with E-state index in [0.29, 0.717) is 5.02 Å². The van der Waals surface area contributed by atoms with Gasteiger partial charge in [-0.15, -0.1) is 0 Å². The molecule has 1 aromatic rings. The Bertz CT molecular complexity index is 304. The van der Waals surface area contributed by atoms with E-state index in [1.165, 1.54) is 5.56 Å². The summed E-state index contributed by atoms with van der Waals surface area (Å²) in [6.45, 7) is 11.0. The van der Waals surface area contributed by atoms with E-state index >= 15 is 0 Å². The van der Waals surface area contributed by atoms with Crippen molar-refractivity contribution in [1.29, 1.82) is 0 Å². The van der Waals surface area contributed by atoms with Gasteiger partial charge in [-0.1, -0.05) is 45.4 Å². The van der Waals surface area contributed by atoms with E-state index in [9.17, 15) is 0 Å². The van der Waals surface area contributed by atoms with Gasteiger partial charge in [0.2, 0.25) is 0 Å². The molecule has 0 spiro atoms. The molecule has 1 rings (SSSR count). The normalized spacial score (nSPS) is 8.79. The summed E-state index contributed by atoms with van der Waals surface area (Å²) >= 11 is 5.88. The minimum atomic E-state index is 0.655.